The summed E-state index contributed by atoms with van der Waals surface area (Å²) in [5, 5.41) is 0. The predicted molar refractivity (Wildman–Crippen MR) is 112 cm³/mol. The van der Waals surface area contributed by atoms with E-state index >= 15 is 0 Å². The second-order valence-corrected chi connectivity index (χ2v) is 6.35. The fraction of sp³-hybridized carbons (Fsp3) is 0.409. The molecule has 27 heavy (non-hydrogen) atoms. The zero-order chi connectivity index (χ0) is 18.9. The van der Waals surface area contributed by atoms with E-state index in [0.29, 0.717) is 0 Å². The maximum Gasteiger partial charge on any atom is 0.318 e. The Morgan fingerprint density at radius 3 is 2.04 bits per heavy atom. The summed E-state index contributed by atoms with van der Waals surface area (Å²) in [5.74, 6) is 0.103. The van der Waals surface area contributed by atoms with Gasteiger partial charge < -0.3 is 14.4 Å². The van der Waals surface area contributed by atoms with Crippen LogP contribution >= 0.6 is 12.4 Å². The molecule has 2 rings (SSSR count). The summed E-state index contributed by atoms with van der Waals surface area (Å²) in [7, 11) is 1.63. The lowest BCUT2D eigenvalue weighted by Gasteiger charge is -2.25. The second-order valence-electron chi connectivity index (χ2n) is 6.35. The number of nitrogens with zero attached hydrogens (tertiary/aromatic N) is 1. The van der Waals surface area contributed by atoms with Crippen molar-refractivity contribution in [1.29, 1.82) is 0 Å². The molecule has 2 unspecified atom stereocenters. The van der Waals surface area contributed by atoms with Crippen LogP contribution in [0.25, 0.3) is 0 Å². The molecule has 0 aliphatic heterocycles. The molecule has 4 nitrogen and oxygen atoms in total. The van der Waals surface area contributed by atoms with Crippen LogP contribution in [-0.2, 0) is 9.53 Å². The molecule has 2 aromatic carbocycles. The first kappa shape index (κ1) is 23.0. The molecular weight excluding hydrogens is 362 g/mol. The SMILES string of the molecule is CCN(CC)CC(C)OC(=O)C(c1ccccc1)c1ccc(OC)cc1.Cl. The Kier molecular flexibility index (Phi) is 9.90. The molecule has 0 radical (unpaired) electrons. The van der Waals surface area contributed by atoms with Crippen molar-refractivity contribution >= 4 is 18.4 Å². The van der Waals surface area contributed by atoms with Gasteiger partial charge in [0.05, 0.1) is 7.11 Å². The Morgan fingerprint density at radius 2 is 1.52 bits per heavy atom. The minimum Gasteiger partial charge on any atom is -0.497 e. The van der Waals surface area contributed by atoms with Gasteiger partial charge in [0.25, 0.3) is 0 Å². The van der Waals surface area contributed by atoms with Crippen LogP contribution in [0.2, 0.25) is 0 Å². The zero-order valence-electron chi connectivity index (χ0n) is 16.6. The fourth-order valence-electron chi connectivity index (χ4n) is 3.06. The predicted octanol–water partition coefficient (Wildman–Crippen LogP) is 4.52. The highest BCUT2D eigenvalue weighted by atomic mass is 35.5. The molecule has 0 amide bonds. The molecule has 2 atom stereocenters. The van der Waals surface area contributed by atoms with Crippen molar-refractivity contribution in [1.82, 2.24) is 4.90 Å². The molecule has 0 bridgehead atoms. The maximum absolute atomic E-state index is 13.0. The topological polar surface area (TPSA) is 38.8 Å². The van der Waals surface area contributed by atoms with Crippen molar-refractivity contribution in [3.63, 3.8) is 0 Å². The highest BCUT2D eigenvalue weighted by Crippen LogP contribution is 2.28. The Labute approximate surface area is 168 Å². The molecule has 0 aliphatic rings. The number of halogens is 1. The number of ether oxygens (including phenoxy) is 2. The molecule has 0 N–H and O–H groups in total. The largest absolute Gasteiger partial charge is 0.497 e. The van der Waals surface area contributed by atoms with Gasteiger partial charge in [0.2, 0.25) is 0 Å². The molecule has 0 spiro atoms. The van der Waals surface area contributed by atoms with Gasteiger partial charge in [-0.2, -0.15) is 0 Å². The van der Waals surface area contributed by atoms with Crippen molar-refractivity contribution in [2.45, 2.75) is 32.8 Å². The van der Waals surface area contributed by atoms with Crippen molar-refractivity contribution in [2.24, 2.45) is 0 Å². The molecule has 5 heteroatoms. The van der Waals surface area contributed by atoms with Crippen LogP contribution in [0.1, 0.15) is 37.8 Å². The minimum atomic E-state index is -0.443. The molecule has 2 aromatic rings. The number of hydrogen-bond acceptors (Lipinski definition) is 4. The monoisotopic (exact) mass is 391 g/mol. The average Bonchev–Trinajstić information content (AvgIpc) is 2.67. The van der Waals surface area contributed by atoms with E-state index in [1.807, 2.05) is 61.5 Å². The summed E-state index contributed by atoms with van der Waals surface area (Å²) < 4.78 is 11.0. The van der Waals surface area contributed by atoms with Crippen LogP contribution in [0, 0.1) is 0 Å². The number of methoxy groups -OCH3 is 1. The third-order valence-electron chi connectivity index (χ3n) is 4.54. The number of carbonyl (C=O) groups excluding carboxylic acids is 1. The Bertz CT molecular complexity index is 672. The number of rotatable bonds is 9. The minimum absolute atomic E-state index is 0. The normalized spacial score (nSPS) is 12.8. The molecule has 148 valence electrons. The van der Waals surface area contributed by atoms with Gasteiger partial charge in [-0.25, -0.2) is 0 Å². The number of likely N-dealkylation sites (N-methyl/N-ethyl adjacent to an activating group) is 1. The first-order valence-electron chi connectivity index (χ1n) is 9.20. The smallest absolute Gasteiger partial charge is 0.318 e. The van der Waals surface area contributed by atoms with Gasteiger partial charge in [-0.3, -0.25) is 4.79 Å². The number of esters is 1. The van der Waals surface area contributed by atoms with Crippen LogP contribution < -0.4 is 4.74 Å². The molecule has 0 heterocycles. The Balaban J connectivity index is 0.00000364. The first-order valence-corrected chi connectivity index (χ1v) is 9.20. The molecule has 0 aromatic heterocycles. The van der Waals surface area contributed by atoms with Crippen LogP contribution in [0.5, 0.6) is 5.75 Å². The van der Waals surface area contributed by atoms with E-state index in [1.165, 1.54) is 0 Å². The van der Waals surface area contributed by atoms with Gasteiger partial charge in [0, 0.05) is 6.54 Å². The molecule has 0 saturated carbocycles. The summed E-state index contributed by atoms with van der Waals surface area (Å²) in [6.07, 6.45) is -0.160. The molecule has 0 aliphatic carbocycles. The van der Waals surface area contributed by atoms with Crippen LogP contribution in [0.4, 0.5) is 0 Å². The highest BCUT2D eigenvalue weighted by molar-refractivity contribution is 5.85. The van der Waals surface area contributed by atoms with Crippen molar-refractivity contribution in [2.75, 3.05) is 26.7 Å². The van der Waals surface area contributed by atoms with Gasteiger partial charge in [0.15, 0.2) is 0 Å². The fourth-order valence-corrected chi connectivity index (χ4v) is 3.06. The van der Waals surface area contributed by atoms with E-state index in [4.69, 9.17) is 9.47 Å². The standard InChI is InChI=1S/C22H29NO3.ClH/c1-5-23(6-2)16-17(3)26-22(24)21(18-10-8-7-9-11-18)19-12-14-20(25-4)15-13-19;/h7-15,17,21H,5-6,16H2,1-4H3;1H. The third-order valence-corrected chi connectivity index (χ3v) is 4.54. The number of carbonyl (C=O) groups is 1. The van der Waals surface area contributed by atoms with Crippen molar-refractivity contribution in [3.05, 3.63) is 65.7 Å². The van der Waals surface area contributed by atoms with E-state index in [9.17, 15) is 4.79 Å². The highest BCUT2D eigenvalue weighted by Gasteiger charge is 2.26. The summed E-state index contributed by atoms with van der Waals surface area (Å²) in [5.41, 5.74) is 1.83. The third kappa shape index (κ3) is 6.56. The van der Waals surface area contributed by atoms with E-state index in [-0.39, 0.29) is 24.5 Å². The Hall–Kier alpha value is -2.04. The van der Waals surface area contributed by atoms with Crippen LogP contribution in [-0.4, -0.2) is 43.7 Å². The van der Waals surface area contributed by atoms with E-state index in [1.54, 1.807) is 7.11 Å². The van der Waals surface area contributed by atoms with Gasteiger partial charge in [-0.05, 0) is 43.3 Å². The van der Waals surface area contributed by atoms with Crippen LogP contribution in [0.15, 0.2) is 54.6 Å². The van der Waals surface area contributed by atoms with Gasteiger partial charge in [0.1, 0.15) is 17.8 Å². The Morgan fingerprint density at radius 1 is 0.963 bits per heavy atom. The lowest BCUT2D eigenvalue weighted by atomic mass is 9.91. The second kappa shape index (κ2) is 11.6. The van der Waals surface area contributed by atoms with E-state index in [0.717, 1.165) is 36.5 Å². The first-order chi connectivity index (χ1) is 12.6. The van der Waals surface area contributed by atoms with Crippen molar-refractivity contribution in [3.8, 4) is 5.75 Å². The summed E-state index contributed by atoms with van der Waals surface area (Å²) in [6.45, 7) is 8.80. The number of benzene rings is 2. The summed E-state index contributed by atoms with van der Waals surface area (Å²) in [4.78, 5) is 15.2. The molecule has 0 fully saturated rings. The van der Waals surface area contributed by atoms with Gasteiger partial charge in [-0.1, -0.05) is 56.3 Å². The quantitative estimate of drug-likeness (QED) is 0.589. The number of hydrogen-bond donors (Lipinski definition) is 0. The lowest BCUT2D eigenvalue weighted by molar-refractivity contribution is -0.149. The zero-order valence-corrected chi connectivity index (χ0v) is 17.4. The van der Waals surface area contributed by atoms with E-state index < -0.39 is 5.92 Å². The van der Waals surface area contributed by atoms with Gasteiger partial charge >= 0.3 is 5.97 Å². The molecular formula is C22H30ClNO3. The molecule has 0 saturated heterocycles. The maximum atomic E-state index is 13.0. The summed E-state index contributed by atoms with van der Waals surface area (Å²) >= 11 is 0. The van der Waals surface area contributed by atoms with Gasteiger partial charge in [-0.15, -0.1) is 12.4 Å². The summed E-state index contributed by atoms with van der Waals surface area (Å²) in [6, 6.07) is 17.4. The lowest BCUT2D eigenvalue weighted by Crippen LogP contribution is -2.34. The van der Waals surface area contributed by atoms with Crippen molar-refractivity contribution < 1.29 is 14.3 Å². The average molecular weight is 392 g/mol. The van der Waals surface area contributed by atoms with Crippen LogP contribution in [0.3, 0.4) is 0 Å². The van der Waals surface area contributed by atoms with E-state index in [2.05, 4.69) is 18.7 Å².